The maximum Gasteiger partial charge on any atom is 0.419 e. The Labute approximate surface area is 201 Å². The number of aryl methyl sites for hydroxylation is 1. The van der Waals surface area contributed by atoms with Gasteiger partial charge in [-0.05, 0) is 58.5 Å². The van der Waals surface area contributed by atoms with Crippen molar-refractivity contribution in [3.8, 4) is 11.1 Å². The van der Waals surface area contributed by atoms with Crippen LogP contribution in [0.15, 0.2) is 63.8 Å². The van der Waals surface area contributed by atoms with Crippen molar-refractivity contribution < 1.29 is 31.9 Å². The highest BCUT2D eigenvalue weighted by Gasteiger charge is 2.45. The summed E-state index contributed by atoms with van der Waals surface area (Å²) in [6.07, 6.45) is -4.63. The van der Waals surface area contributed by atoms with Crippen LogP contribution < -0.4 is 5.76 Å². The Hall–Kier alpha value is -3.59. The number of aromatic carboxylic acids is 1. The van der Waals surface area contributed by atoms with E-state index in [2.05, 4.69) is 0 Å². The molecule has 1 N–H and O–H groups in total. The van der Waals surface area contributed by atoms with E-state index in [-0.39, 0.29) is 27.2 Å². The van der Waals surface area contributed by atoms with Gasteiger partial charge >= 0.3 is 17.9 Å². The van der Waals surface area contributed by atoms with E-state index in [1.165, 1.54) is 56.4 Å². The number of hydrogen-bond acceptors (Lipinski definition) is 3. The van der Waals surface area contributed by atoms with E-state index in [0.717, 1.165) is 16.7 Å². The molecule has 1 heterocycles. The summed E-state index contributed by atoms with van der Waals surface area (Å²) in [5.41, 5.74) is 0.833. The molecule has 3 aromatic carbocycles. The Kier molecular flexibility index (Phi) is 6.23. The van der Waals surface area contributed by atoms with Crippen LogP contribution in [0.1, 0.15) is 40.2 Å². The van der Waals surface area contributed by atoms with Crippen molar-refractivity contribution in [2.45, 2.75) is 24.9 Å². The average molecular weight is 508 g/mol. The highest BCUT2D eigenvalue weighted by Crippen LogP contribution is 2.47. The third-order valence-electron chi connectivity index (χ3n) is 6.05. The van der Waals surface area contributed by atoms with Gasteiger partial charge in [-0.2, -0.15) is 13.2 Å². The molecule has 0 amide bonds. The second-order valence-corrected chi connectivity index (χ2v) is 8.61. The molecule has 2 atom stereocenters. The van der Waals surface area contributed by atoms with Crippen LogP contribution in [0, 0.1) is 5.82 Å². The lowest BCUT2D eigenvalue weighted by Crippen LogP contribution is -2.26. The monoisotopic (exact) mass is 507 g/mol. The van der Waals surface area contributed by atoms with Gasteiger partial charge in [-0.1, -0.05) is 42.8 Å². The summed E-state index contributed by atoms with van der Waals surface area (Å²) in [5, 5.41) is 9.03. The molecule has 35 heavy (non-hydrogen) atoms. The molecule has 0 bridgehead atoms. The standard InChI is InChI=1S/C25H18ClF4NO4/c1-12(22(25(28,29)30)15-5-8-21-20(11-15)31(2)24(34)35-21)16-6-3-13(9-18(16)26)14-4-7-17(23(32)33)19(27)10-14/h3-12,22H,1-2H3,(H,32,33). The van der Waals surface area contributed by atoms with E-state index in [4.69, 9.17) is 21.1 Å². The number of carboxylic acid groups (broad SMARTS) is 1. The van der Waals surface area contributed by atoms with Crippen molar-refractivity contribution in [2.75, 3.05) is 0 Å². The molecule has 10 heteroatoms. The van der Waals surface area contributed by atoms with E-state index < -0.39 is 41.1 Å². The summed E-state index contributed by atoms with van der Waals surface area (Å²) >= 11 is 6.39. The van der Waals surface area contributed by atoms with Crippen LogP contribution in [0.4, 0.5) is 17.6 Å². The largest absolute Gasteiger partial charge is 0.478 e. The minimum absolute atomic E-state index is 0.0451. The van der Waals surface area contributed by atoms with Crippen molar-refractivity contribution in [1.82, 2.24) is 4.57 Å². The van der Waals surface area contributed by atoms with Gasteiger partial charge in [0.1, 0.15) is 5.82 Å². The molecule has 0 saturated heterocycles. The topological polar surface area (TPSA) is 72.4 Å². The van der Waals surface area contributed by atoms with Crippen LogP contribution in [0.2, 0.25) is 5.02 Å². The maximum atomic E-state index is 14.2. The van der Waals surface area contributed by atoms with Crippen molar-refractivity contribution in [1.29, 1.82) is 0 Å². The zero-order chi connectivity index (χ0) is 25.7. The SMILES string of the molecule is CC(c1ccc(-c2ccc(C(=O)O)c(F)c2)cc1Cl)C(c1ccc2oc(=O)n(C)c2c1)C(F)(F)F. The second kappa shape index (κ2) is 8.88. The normalized spacial score (nSPS) is 13.7. The van der Waals surface area contributed by atoms with Gasteiger partial charge in [0.2, 0.25) is 0 Å². The lowest BCUT2D eigenvalue weighted by Gasteiger charge is -2.28. The third kappa shape index (κ3) is 4.55. The molecule has 0 aliphatic carbocycles. The van der Waals surface area contributed by atoms with Crippen LogP contribution in [-0.2, 0) is 7.05 Å². The van der Waals surface area contributed by atoms with Crippen LogP contribution >= 0.6 is 11.6 Å². The Balaban J connectivity index is 1.74. The lowest BCUT2D eigenvalue weighted by molar-refractivity contribution is -0.154. The van der Waals surface area contributed by atoms with Crippen LogP contribution in [-0.4, -0.2) is 21.8 Å². The summed E-state index contributed by atoms with van der Waals surface area (Å²) in [5.74, 6) is -6.08. The Bertz CT molecular complexity index is 1510. The number of oxazole rings is 1. The first-order chi connectivity index (χ1) is 16.4. The fraction of sp³-hybridized carbons (Fsp3) is 0.200. The molecular weight excluding hydrogens is 490 g/mol. The molecule has 0 aliphatic heterocycles. The maximum absolute atomic E-state index is 14.2. The van der Waals surface area contributed by atoms with E-state index in [9.17, 15) is 27.2 Å². The van der Waals surface area contributed by atoms with Gasteiger partial charge in [0, 0.05) is 12.1 Å². The molecule has 0 fully saturated rings. The number of nitrogens with zero attached hydrogens (tertiary/aromatic N) is 1. The molecule has 0 aliphatic rings. The second-order valence-electron chi connectivity index (χ2n) is 8.20. The predicted octanol–water partition coefficient (Wildman–Crippen LogP) is 6.74. The number of aromatic nitrogens is 1. The first kappa shape index (κ1) is 24.5. The van der Waals surface area contributed by atoms with Gasteiger partial charge in [-0.25, -0.2) is 14.0 Å². The lowest BCUT2D eigenvalue weighted by atomic mass is 9.81. The summed E-state index contributed by atoms with van der Waals surface area (Å²) in [7, 11) is 1.41. The van der Waals surface area contributed by atoms with Crippen LogP contribution in [0.5, 0.6) is 0 Å². The Morgan fingerprint density at radius 2 is 1.71 bits per heavy atom. The zero-order valence-corrected chi connectivity index (χ0v) is 19.1. The summed E-state index contributed by atoms with van der Waals surface area (Å²) in [6.45, 7) is 1.40. The van der Waals surface area contributed by atoms with Gasteiger partial charge in [0.05, 0.1) is 17.0 Å². The highest BCUT2D eigenvalue weighted by atomic mass is 35.5. The number of alkyl halides is 3. The Morgan fingerprint density at radius 1 is 1.06 bits per heavy atom. The fourth-order valence-corrected chi connectivity index (χ4v) is 4.57. The molecule has 1 aromatic heterocycles. The summed E-state index contributed by atoms with van der Waals surface area (Å²) in [4.78, 5) is 22.8. The molecule has 4 aromatic rings. The number of benzene rings is 3. The minimum atomic E-state index is -4.63. The predicted molar refractivity (Wildman–Crippen MR) is 122 cm³/mol. The van der Waals surface area contributed by atoms with E-state index in [0.29, 0.717) is 11.1 Å². The van der Waals surface area contributed by atoms with Crippen molar-refractivity contribution in [2.24, 2.45) is 7.05 Å². The molecule has 5 nitrogen and oxygen atoms in total. The van der Waals surface area contributed by atoms with E-state index in [1.54, 1.807) is 0 Å². The quantitative estimate of drug-likeness (QED) is 0.304. The summed E-state index contributed by atoms with van der Waals surface area (Å²) < 4.78 is 63.0. The molecule has 4 rings (SSSR count). The molecule has 0 spiro atoms. The number of rotatable bonds is 5. The fourth-order valence-electron chi connectivity index (χ4n) is 4.22. The minimum Gasteiger partial charge on any atom is -0.478 e. The third-order valence-corrected chi connectivity index (χ3v) is 6.38. The van der Waals surface area contributed by atoms with Crippen molar-refractivity contribution >= 4 is 28.7 Å². The van der Waals surface area contributed by atoms with Gasteiger partial charge in [-0.15, -0.1) is 0 Å². The van der Waals surface area contributed by atoms with Crippen molar-refractivity contribution in [3.63, 3.8) is 0 Å². The average Bonchev–Trinajstić information content (AvgIpc) is 3.05. The smallest absolute Gasteiger partial charge is 0.419 e. The number of hydrogen-bond donors (Lipinski definition) is 1. The Morgan fingerprint density at radius 3 is 2.31 bits per heavy atom. The van der Waals surface area contributed by atoms with Crippen LogP contribution in [0.25, 0.3) is 22.2 Å². The van der Waals surface area contributed by atoms with Gasteiger partial charge in [-0.3, -0.25) is 4.57 Å². The van der Waals surface area contributed by atoms with Crippen molar-refractivity contribution in [3.05, 3.63) is 92.7 Å². The van der Waals surface area contributed by atoms with Gasteiger partial charge in [0.15, 0.2) is 5.58 Å². The van der Waals surface area contributed by atoms with Gasteiger partial charge in [0.25, 0.3) is 0 Å². The molecule has 0 saturated carbocycles. The summed E-state index contributed by atoms with van der Waals surface area (Å²) in [6, 6.07) is 11.8. The number of carboxylic acids is 1. The molecule has 0 radical (unpaired) electrons. The number of fused-ring (bicyclic) bond motifs is 1. The number of carbonyl (C=O) groups is 1. The highest BCUT2D eigenvalue weighted by molar-refractivity contribution is 6.31. The zero-order valence-electron chi connectivity index (χ0n) is 18.4. The first-order valence-corrected chi connectivity index (χ1v) is 10.7. The first-order valence-electron chi connectivity index (χ1n) is 10.4. The molecular formula is C25H18ClF4NO4. The molecule has 2 unspecified atom stereocenters. The number of halogens is 5. The van der Waals surface area contributed by atoms with Gasteiger partial charge < -0.3 is 9.52 Å². The van der Waals surface area contributed by atoms with E-state index >= 15 is 0 Å². The van der Waals surface area contributed by atoms with Crippen LogP contribution in [0.3, 0.4) is 0 Å². The molecule has 182 valence electrons. The van der Waals surface area contributed by atoms with E-state index in [1.807, 2.05) is 0 Å².